The van der Waals surface area contributed by atoms with Crippen molar-refractivity contribution >= 4 is 33.4 Å². The average Bonchev–Trinajstić information content (AvgIpc) is 3.46. The van der Waals surface area contributed by atoms with Gasteiger partial charge in [0, 0.05) is 36.3 Å². The number of ether oxygens (including phenoxy) is 1. The summed E-state index contributed by atoms with van der Waals surface area (Å²) in [6.45, 7) is 3.08. The second-order valence-corrected chi connectivity index (χ2v) is 8.00. The number of nitrogens with zero attached hydrogens (tertiary/aromatic N) is 3. The summed E-state index contributed by atoms with van der Waals surface area (Å²) >= 11 is 0. The van der Waals surface area contributed by atoms with Gasteiger partial charge in [-0.15, -0.1) is 0 Å². The van der Waals surface area contributed by atoms with Crippen molar-refractivity contribution in [2.75, 3.05) is 13.7 Å². The van der Waals surface area contributed by atoms with E-state index in [-0.39, 0.29) is 17.2 Å². The number of hydrogen-bond donors (Lipinski definition) is 2. The quantitative estimate of drug-likeness (QED) is 0.403. The fourth-order valence-corrected chi connectivity index (χ4v) is 4.29. The number of carbonyl (C=O) groups excluding carboxylic acids is 1. The standard InChI is InChI=1S/C25H25N5O3/c1-3-12-29-21-6-4-5-7-22(21)30-23(25(29)32)14-20(28-30)24(31)26-11-10-16-15-27-19-9-8-17(33-2)13-18(16)19/h4-9,13-15,27H,3,10-12H2,1-2H3,(H,26,31). The van der Waals surface area contributed by atoms with E-state index >= 15 is 0 Å². The Kier molecular flexibility index (Phi) is 5.34. The van der Waals surface area contributed by atoms with E-state index in [2.05, 4.69) is 15.4 Å². The summed E-state index contributed by atoms with van der Waals surface area (Å²) in [4.78, 5) is 29.2. The lowest BCUT2D eigenvalue weighted by molar-refractivity contribution is 0.0949. The Balaban J connectivity index is 1.40. The van der Waals surface area contributed by atoms with Gasteiger partial charge in [0.2, 0.25) is 0 Å². The molecule has 0 atom stereocenters. The Labute approximate surface area is 189 Å². The van der Waals surface area contributed by atoms with Crippen LogP contribution in [0.4, 0.5) is 0 Å². The Bertz CT molecular complexity index is 1540. The van der Waals surface area contributed by atoms with E-state index in [1.165, 1.54) is 0 Å². The zero-order valence-electron chi connectivity index (χ0n) is 18.6. The lowest BCUT2D eigenvalue weighted by atomic mass is 10.1. The number of fused-ring (bicyclic) bond motifs is 4. The van der Waals surface area contributed by atoms with Gasteiger partial charge in [-0.3, -0.25) is 9.59 Å². The number of aromatic amines is 1. The molecule has 2 aromatic carbocycles. The summed E-state index contributed by atoms with van der Waals surface area (Å²) in [7, 11) is 1.64. The number of para-hydroxylation sites is 2. The molecule has 8 nitrogen and oxygen atoms in total. The predicted molar refractivity (Wildman–Crippen MR) is 128 cm³/mol. The predicted octanol–water partition coefficient (Wildman–Crippen LogP) is 3.52. The maximum atomic E-state index is 13.1. The molecule has 0 aliphatic heterocycles. The van der Waals surface area contributed by atoms with E-state index in [1.807, 2.05) is 55.6 Å². The maximum Gasteiger partial charge on any atom is 0.277 e. The van der Waals surface area contributed by atoms with Crippen LogP contribution in [0.15, 0.2) is 59.5 Å². The van der Waals surface area contributed by atoms with Crippen molar-refractivity contribution in [1.29, 1.82) is 0 Å². The van der Waals surface area contributed by atoms with Crippen LogP contribution in [0.25, 0.3) is 27.5 Å². The molecule has 0 fully saturated rings. The van der Waals surface area contributed by atoms with Gasteiger partial charge in [-0.2, -0.15) is 5.10 Å². The Morgan fingerprint density at radius 3 is 2.73 bits per heavy atom. The van der Waals surface area contributed by atoms with E-state index in [0.717, 1.165) is 39.7 Å². The first kappa shape index (κ1) is 20.8. The number of hydrogen-bond acceptors (Lipinski definition) is 4. The summed E-state index contributed by atoms with van der Waals surface area (Å²) in [5.41, 5.74) is 4.20. The van der Waals surface area contributed by atoms with E-state index in [1.54, 1.807) is 22.3 Å². The molecule has 33 heavy (non-hydrogen) atoms. The van der Waals surface area contributed by atoms with Gasteiger partial charge in [-0.05, 0) is 48.7 Å². The summed E-state index contributed by atoms with van der Waals surface area (Å²) in [5, 5.41) is 8.46. The molecule has 1 amide bonds. The number of carbonyl (C=O) groups is 1. The van der Waals surface area contributed by atoms with Crippen molar-refractivity contribution in [2.24, 2.45) is 0 Å². The van der Waals surface area contributed by atoms with Gasteiger partial charge in [0.1, 0.15) is 11.3 Å². The minimum atomic E-state index is -0.304. The molecule has 0 radical (unpaired) electrons. The number of nitrogens with one attached hydrogen (secondary N) is 2. The van der Waals surface area contributed by atoms with Crippen LogP contribution in [0.3, 0.4) is 0 Å². The highest BCUT2D eigenvalue weighted by Crippen LogP contribution is 2.23. The van der Waals surface area contributed by atoms with Gasteiger partial charge >= 0.3 is 0 Å². The largest absolute Gasteiger partial charge is 0.497 e. The van der Waals surface area contributed by atoms with Crippen LogP contribution in [0.2, 0.25) is 0 Å². The Morgan fingerprint density at radius 1 is 1.12 bits per heavy atom. The van der Waals surface area contributed by atoms with Gasteiger partial charge in [-0.1, -0.05) is 19.1 Å². The van der Waals surface area contributed by atoms with Crippen LogP contribution in [0, 0.1) is 0 Å². The molecule has 5 aromatic rings. The topological polar surface area (TPSA) is 93.4 Å². The van der Waals surface area contributed by atoms with Crippen molar-refractivity contribution in [3.8, 4) is 5.75 Å². The summed E-state index contributed by atoms with van der Waals surface area (Å²) in [5.74, 6) is 0.486. The number of benzene rings is 2. The molecule has 0 saturated carbocycles. The molecule has 0 unspecified atom stereocenters. The third-order valence-electron chi connectivity index (χ3n) is 5.91. The summed E-state index contributed by atoms with van der Waals surface area (Å²) in [6.07, 6.45) is 3.43. The first-order valence-corrected chi connectivity index (χ1v) is 11.0. The number of H-pyrrole nitrogens is 1. The van der Waals surface area contributed by atoms with Gasteiger partial charge in [-0.25, -0.2) is 4.52 Å². The number of methoxy groups -OCH3 is 1. The van der Waals surface area contributed by atoms with Gasteiger partial charge < -0.3 is 19.6 Å². The highest BCUT2D eigenvalue weighted by molar-refractivity contribution is 5.94. The molecule has 5 rings (SSSR count). The van der Waals surface area contributed by atoms with Gasteiger partial charge in [0.15, 0.2) is 5.69 Å². The van der Waals surface area contributed by atoms with Gasteiger partial charge in [0.05, 0.1) is 18.1 Å². The lowest BCUT2D eigenvalue weighted by Gasteiger charge is -2.10. The molecule has 0 saturated heterocycles. The number of aromatic nitrogens is 4. The molecule has 8 heteroatoms. The van der Waals surface area contributed by atoms with Crippen molar-refractivity contribution in [2.45, 2.75) is 26.3 Å². The molecule has 0 aliphatic carbocycles. The second kappa shape index (κ2) is 8.46. The van der Waals surface area contributed by atoms with Crippen LogP contribution in [-0.2, 0) is 13.0 Å². The number of aryl methyl sites for hydroxylation is 1. The zero-order valence-corrected chi connectivity index (χ0v) is 18.6. The number of rotatable bonds is 7. The minimum absolute atomic E-state index is 0.144. The third kappa shape index (κ3) is 3.63. The Morgan fingerprint density at radius 2 is 1.94 bits per heavy atom. The molecule has 3 heterocycles. The maximum absolute atomic E-state index is 13.1. The minimum Gasteiger partial charge on any atom is -0.497 e. The van der Waals surface area contributed by atoms with Crippen LogP contribution in [-0.4, -0.2) is 38.7 Å². The molecule has 0 bridgehead atoms. The SMILES string of the molecule is CCCn1c(=O)c2cc(C(=O)NCCc3c[nH]c4ccc(OC)cc34)nn2c2ccccc21. The molecule has 168 valence electrons. The molecule has 2 N–H and O–H groups in total. The highest BCUT2D eigenvalue weighted by atomic mass is 16.5. The summed E-state index contributed by atoms with van der Waals surface area (Å²) in [6, 6.07) is 15.1. The van der Waals surface area contributed by atoms with Crippen molar-refractivity contribution < 1.29 is 9.53 Å². The first-order chi connectivity index (χ1) is 16.1. The van der Waals surface area contributed by atoms with Crippen LogP contribution < -0.4 is 15.6 Å². The van der Waals surface area contributed by atoms with Crippen molar-refractivity contribution in [3.63, 3.8) is 0 Å². The summed E-state index contributed by atoms with van der Waals surface area (Å²) < 4.78 is 8.64. The smallest absolute Gasteiger partial charge is 0.277 e. The monoisotopic (exact) mass is 443 g/mol. The molecule has 3 aromatic heterocycles. The average molecular weight is 444 g/mol. The second-order valence-electron chi connectivity index (χ2n) is 8.00. The zero-order chi connectivity index (χ0) is 22.9. The Hall–Kier alpha value is -4.07. The molecular weight excluding hydrogens is 418 g/mol. The molecular formula is C25H25N5O3. The fraction of sp³-hybridized carbons (Fsp3) is 0.240. The van der Waals surface area contributed by atoms with E-state index < -0.39 is 0 Å². The van der Waals surface area contributed by atoms with Crippen LogP contribution in [0.5, 0.6) is 5.75 Å². The first-order valence-electron chi connectivity index (χ1n) is 11.0. The number of amides is 1. The van der Waals surface area contributed by atoms with E-state index in [9.17, 15) is 9.59 Å². The normalized spacial score (nSPS) is 11.5. The van der Waals surface area contributed by atoms with Gasteiger partial charge in [0.25, 0.3) is 11.5 Å². The van der Waals surface area contributed by atoms with Crippen LogP contribution >= 0.6 is 0 Å². The van der Waals surface area contributed by atoms with Crippen molar-refractivity contribution in [1.82, 2.24) is 24.5 Å². The van der Waals surface area contributed by atoms with Crippen molar-refractivity contribution in [3.05, 3.63) is 76.3 Å². The van der Waals surface area contributed by atoms with E-state index in [0.29, 0.717) is 25.0 Å². The van der Waals surface area contributed by atoms with E-state index in [4.69, 9.17) is 4.74 Å². The molecule has 0 aliphatic rings. The fourth-order valence-electron chi connectivity index (χ4n) is 4.29. The third-order valence-corrected chi connectivity index (χ3v) is 5.91. The molecule has 0 spiro atoms. The van der Waals surface area contributed by atoms with Crippen LogP contribution in [0.1, 0.15) is 29.4 Å². The lowest BCUT2D eigenvalue weighted by Crippen LogP contribution is -2.26. The highest BCUT2D eigenvalue weighted by Gasteiger charge is 2.17.